The van der Waals surface area contributed by atoms with E-state index in [-0.39, 0.29) is 11.6 Å². The van der Waals surface area contributed by atoms with Crippen LogP contribution in [0, 0.1) is 16.5 Å². The molecule has 1 fully saturated rings. The molecule has 1 atom stereocenters. The Hall–Kier alpha value is -2.48. The van der Waals surface area contributed by atoms with Gasteiger partial charge >= 0.3 is 0 Å². The maximum absolute atomic E-state index is 13.1. The van der Waals surface area contributed by atoms with Crippen molar-refractivity contribution in [1.29, 1.82) is 4.78 Å². The Morgan fingerprint density at radius 3 is 2.62 bits per heavy atom. The standard InChI is InChI=1S/C21H26FN5OS/c1-27(21-19-10-11-24-20(19)25-14-26-21)18-8-4-16(5-9-18)13-29(23,28)12-15-2-6-17(22)7-3-15/h2-3,6-7,10-11,14,16,18,23H,4-5,8-9,12-13H2,1H3,(H,24,25,26). The van der Waals surface area contributed by atoms with Gasteiger partial charge in [-0.05, 0) is 55.4 Å². The maximum atomic E-state index is 13.1. The SMILES string of the molecule is CN(c1ncnc2[nH]ccc12)C1CCC(CS(=N)(=O)Cc2ccc(F)cc2)CC1. The lowest BCUT2D eigenvalue weighted by atomic mass is 9.86. The third-order valence-corrected chi connectivity index (χ3v) is 7.66. The first-order valence-electron chi connectivity index (χ1n) is 9.91. The molecule has 1 aliphatic rings. The van der Waals surface area contributed by atoms with Crippen LogP contribution in [0.4, 0.5) is 10.2 Å². The molecular weight excluding hydrogens is 389 g/mol. The molecule has 2 heterocycles. The fourth-order valence-electron chi connectivity index (χ4n) is 4.30. The summed E-state index contributed by atoms with van der Waals surface area (Å²) >= 11 is 0. The van der Waals surface area contributed by atoms with Gasteiger partial charge in [0.1, 0.15) is 23.6 Å². The van der Waals surface area contributed by atoms with Crippen LogP contribution in [0.15, 0.2) is 42.9 Å². The van der Waals surface area contributed by atoms with E-state index in [1.807, 2.05) is 12.3 Å². The molecule has 1 aromatic carbocycles. The van der Waals surface area contributed by atoms with E-state index >= 15 is 0 Å². The highest BCUT2D eigenvalue weighted by Gasteiger charge is 2.27. The Kier molecular flexibility index (Phi) is 5.54. The van der Waals surface area contributed by atoms with Crippen LogP contribution in [-0.2, 0) is 15.5 Å². The minimum Gasteiger partial charge on any atom is -0.356 e. The fourth-order valence-corrected chi connectivity index (χ4v) is 6.24. The summed E-state index contributed by atoms with van der Waals surface area (Å²) in [5, 5.41) is 1.02. The lowest BCUT2D eigenvalue weighted by Crippen LogP contribution is -2.37. The number of halogens is 1. The number of aromatic amines is 1. The molecule has 0 radical (unpaired) electrons. The molecule has 0 amide bonds. The van der Waals surface area contributed by atoms with Crippen molar-refractivity contribution in [2.45, 2.75) is 37.5 Å². The number of hydrogen-bond donors (Lipinski definition) is 2. The van der Waals surface area contributed by atoms with Gasteiger partial charge in [-0.2, -0.15) is 0 Å². The van der Waals surface area contributed by atoms with Gasteiger partial charge in [0, 0.05) is 34.8 Å². The first-order chi connectivity index (χ1) is 13.9. The van der Waals surface area contributed by atoms with Gasteiger partial charge in [0.2, 0.25) is 0 Å². The quantitative estimate of drug-likeness (QED) is 0.627. The van der Waals surface area contributed by atoms with Crippen molar-refractivity contribution in [1.82, 2.24) is 15.0 Å². The van der Waals surface area contributed by atoms with E-state index in [4.69, 9.17) is 4.78 Å². The van der Waals surface area contributed by atoms with E-state index < -0.39 is 9.73 Å². The van der Waals surface area contributed by atoms with E-state index in [0.717, 1.165) is 48.1 Å². The predicted octanol–water partition coefficient (Wildman–Crippen LogP) is 4.34. The van der Waals surface area contributed by atoms with Crippen LogP contribution < -0.4 is 4.90 Å². The molecule has 8 heteroatoms. The molecule has 29 heavy (non-hydrogen) atoms. The molecule has 3 aromatic rings. The molecule has 0 spiro atoms. The summed E-state index contributed by atoms with van der Waals surface area (Å²) in [4.78, 5) is 14.1. The van der Waals surface area contributed by atoms with Gasteiger partial charge in [0.25, 0.3) is 0 Å². The number of benzene rings is 1. The van der Waals surface area contributed by atoms with Crippen LogP contribution in [0.1, 0.15) is 31.2 Å². The summed E-state index contributed by atoms with van der Waals surface area (Å²) < 4.78 is 34.2. The number of anilines is 1. The Balaban J connectivity index is 1.35. The number of fused-ring (bicyclic) bond motifs is 1. The smallest absolute Gasteiger partial charge is 0.142 e. The second kappa shape index (κ2) is 8.10. The fraction of sp³-hybridized carbons (Fsp3) is 0.429. The Morgan fingerprint density at radius 2 is 1.90 bits per heavy atom. The van der Waals surface area contributed by atoms with E-state index in [2.05, 4.69) is 26.9 Å². The van der Waals surface area contributed by atoms with Crippen LogP contribution in [0.25, 0.3) is 11.0 Å². The Morgan fingerprint density at radius 1 is 1.17 bits per heavy atom. The van der Waals surface area contributed by atoms with Crippen LogP contribution in [-0.4, -0.2) is 38.0 Å². The average Bonchev–Trinajstić information content (AvgIpc) is 3.18. The molecule has 2 aromatic heterocycles. The van der Waals surface area contributed by atoms with Crippen molar-refractivity contribution in [2.24, 2.45) is 5.92 Å². The molecule has 1 unspecified atom stereocenters. The highest BCUT2D eigenvalue weighted by molar-refractivity contribution is 7.91. The number of aromatic nitrogens is 3. The topological polar surface area (TPSA) is 85.7 Å². The normalized spacial score (nSPS) is 21.7. The molecule has 1 saturated carbocycles. The Labute approximate surface area is 170 Å². The van der Waals surface area contributed by atoms with Crippen molar-refractivity contribution in [3.63, 3.8) is 0 Å². The predicted molar refractivity (Wildman–Crippen MR) is 114 cm³/mol. The van der Waals surface area contributed by atoms with E-state index in [1.165, 1.54) is 12.1 Å². The third-order valence-electron chi connectivity index (χ3n) is 5.85. The zero-order valence-corrected chi connectivity index (χ0v) is 17.3. The minimum absolute atomic E-state index is 0.194. The molecule has 0 saturated heterocycles. The molecular formula is C21H26FN5OS. The van der Waals surface area contributed by atoms with Gasteiger partial charge in [0.05, 0.1) is 11.1 Å². The summed E-state index contributed by atoms with van der Waals surface area (Å²) in [7, 11) is -0.648. The van der Waals surface area contributed by atoms with Gasteiger partial charge in [0.15, 0.2) is 0 Å². The lowest BCUT2D eigenvalue weighted by molar-refractivity contribution is 0.342. The average molecular weight is 416 g/mol. The molecule has 154 valence electrons. The summed E-state index contributed by atoms with van der Waals surface area (Å²) in [6.07, 6.45) is 7.35. The number of rotatable bonds is 6. The van der Waals surface area contributed by atoms with Crippen molar-refractivity contribution in [2.75, 3.05) is 17.7 Å². The summed E-state index contributed by atoms with van der Waals surface area (Å²) in [5.41, 5.74) is 1.60. The van der Waals surface area contributed by atoms with E-state index in [0.29, 0.717) is 17.7 Å². The van der Waals surface area contributed by atoms with Crippen LogP contribution in [0.5, 0.6) is 0 Å². The number of H-pyrrole nitrogens is 1. The van der Waals surface area contributed by atoms with Crippen molar-refractivity contribution in [3.8, 4) is 0 Å². The Bertz CT molecular complexity index is 1070. The second-order valence-corrected chi connectivity index (χ2v) is 10.2. The second-order valence-electron chi connectivity index (χ2n) is 7.97. The summed E-state index contributed by atoms with van der Waals surface area (Å²) in [6, 6.07) is 8.34. The summed E-state index contributed by atoms with van der Waals surface area (Å²) in [5.74, 6) is 1.52. The van der Waals surface area contributed by atoms with E-state index in [9.17, 15) is 8.60 Å². The molecule has 4 rings (SSSR count). The van der Waals surface area contributed by atoms with Crippen LogP contribution in [0.3, 0.4) is 0 Å². The highest BCUT2D eigenvalue weighted by atomic mass is 32.2. The molecule has 0 bridgehead atoms. The molecule has 0 aliphatic heterocycles. The number of nitrogens with one attached hydrogen (secondary N) is 2. The monoisotopic (exact) mass is 415 g/mol. The molecule has 6 nitrogen and oxygen atoms in total. The molecule has 1 aliphatic carbocycles. The zero-order chi connectivity index (χ0) is 20.4. The highest BCUT2D eigenvalue weighted by Crippen LogP contribution is 2.32. The van der Waals surface area contributed by atoms with Crippen LogP contribution >= 0.6 is 0 Å². The van der Waals surface area contributed by atoms with Gasteiger partial charge in [-0.1, -0.05) is 12.1 Å². The maximum Gasteiger partial charge on any atom is 0.142 e. The third kappa shape index (κ3) is 4.58. The largest absolute Gasteiger partial charge is 0.356 e. The van der Waals surface area contributed by atoms with E-state index in [1.54, 1.807) is 18.5 Å². The number of hydrogen-bond acceptors (Lipinski definition) is 5. The van der Waals surface area contributed by atoms with Crippen molar-refractivity contribution < 1.29 is 8.60 Å². The van der Waals surface area contributed by atoms with Crippen molar-refractivity contribution >= 4 is 26.6 Å². The lowest BCUT2D eigenvalue weighted by Gasteiger charge is -2.35. The minimum atomic E-state index is -2.72. The first kappa shape index (κ1) is 19.8. The summed E-state index contributed by atoms with van der Waals surface area (Å²) in [6.45, 7) is 0. The van der Waals surface area contributed by atoms with Crippen molar-refractivity contribution in [3.05, 3.63) is 54.2 Å². The van der Waals surface area contributed by atoms with Crippen LogP contribution in [0.2, 0.25) is 0 Å². The molecule has 2 N–H and O–H groups in total. The zero-order valence-electron chi connectivity index (χ0n) is 16.5. The van der Waals surface area contributed by atoms with Gasteiger partial charge in [-0.3, -0.25) is 4.78 Å². The van der Waals surface area contributed by atoms with Gasteiger partial charge < -0.3 is 9.88 Å². The van der Waals surface area contributed by atoms with Gasteiger partial charge in [-0.15, -0.1) is 0 Å². The first-order valence-corrected chi connectivity index (χ1v) is 11.8. The van der Waals surface area contributed by atoms with Gasteiger partial charge in [-0.25, -0.2) is 18.6 Å². The number of nitrogens with zero attached hydrogens (tertiary/aromatic N) is 3.